The molecule has 26 heavy (non-hydrogen) atoms. The third kappa shape index (κ3) is 4.28. The van der Waals surface area contributed by atoms with Crippen LogP contribution in [0.4, 0.5) is 0 Å². The van der Waals surface area contributed by atoms with Crippen molar-refractivity contribution in [2.75, 3.05) is 12.9 Å². The van der Waals surface area contributed by atoms with Gasteiger partial charge in [0.05, 0.1) is 17.0 Å². The number of halogens is 2. The summed E-state index contributed by atoms with van der Waals surface area (Å²) in [5.74, 6) is 0.826. The maximum absolute atomic E-state index is 11.1. The van der Waals surface area contributed by atoms with E-state index in [1.165, 1.54) is 0 Å². The van der Waals surface area contributed by atoms with E-state index >= 15 is 0 Å². The quantitative estimate of drug-likeness (QED) is 0.665. The van der Waals surface area contributed by atoms with Gasteiger partial charge in [-0.1, -0.05) is 29.8 Å². The van der Waals surface area contributed by atoms with E-state index in [4.69, 9.17) is 26.2 Å². The molecule has 1 heterocycles. The highest BCUT2D eigenvalue weighted by atomic mass is 79.9. The van der Waals surface area contributed by atoms with Crippen molar-refractivity contribution in [3.63, 3.8) is 0 Å². The molecule has 2 N–H and O–H groups in total. The van der Waals surface area contributed by atoms with Crippen molar-refractivity contribution in [1.29, 1.82) is 0 Å². The zero-order chi connectivity index (χ0) is 18.7. The Morgan fingerprint density at radius 3 is 2.85 bits per heavy atom. The van der Waals surface area contributed by atoms with Crippen LogP contribution in [0.5, 0.6) is 11.5 Å². The second-order valence-electron chi connectivity index (χ2n) is 5.69. The molecule has 0 aromatic heterocycles. The predicted octanol–water partition coefficient (Wildman–Crippen LogP) is 4.48. The lowest BCUT2D eigenvalue weighted by Crippen LogP contribution is -2.33. The van der Waals surface area contributed by atoms with Crippen molar-refractivity contribution in [1.82, 2.24) is 5.32 Å². The van der Waals surface area contributed by atoms with Crippen LogP contribution in [-0.4, -0.2) is 30.0 Å². The lowest BCUT2D eigenvalue weighted by Gasteiger charge is -2.17. The Kier molecular flexibility index (Phi) is 6.34. The number of thioether (sulfide) groups is 1. The zero-order valence-electron chi connectivity index (χ0n) is 13.9. The zero-order valence-corrected chi connectivity index (χ0v) is 17.0. The Labute approximate surface area is 169 Å². The Morgan fingerprint density at radius 1 is 1.42 bits per heavy atom. The number of hydrogen-bond acceptors (Lipinski definition) is 5. The summed E-state index contributed by atoms with van der Waals surface area (Å²) < 4.78 is 12.1. The molecule has 0 spiro atoms. The smallest absolute Gasteiger partial charge is 0.321 e. The summed E-state index contributed by atoms with van der Waals surface area (Å²) in [7, 11) is 1.57. The molecule has 0 amide bonds. The van der Waals surface area contributed by atoms with Crippen molar-refractivity contribution in [3.8, 4) is 11.5 Å². The first-order valence-corrected chi connectivity index (χ1v) is 10.1. The molecule has 3 rings (SSSR count). The van der Waals surface area contributed by atoms with Crippen LogP contribution >= 0.6 is 39.3 Å². The van der Waals surface area contributed by atoms with Crippen LogP contribution in [0.3, 0.4) is 0 Å². The fourth-order valence-electron chi connectivity index (χ4n) is 2.60. The van der Waals surface area contributed by atoms with Crippen LogP contribution in [0.15, 0.2) is 40.9 Å². The molecule has 5 nitrogen and oxygen atoms in total. The number of carboxylic acids is 1. The van der Waals surface area contributed by atoms with Gasteiger partial charge in [-0.05, 0) is 39.7 Å². The molecule has 0 unspecified atom stereocenters. The van der Waals surface area contributed by atoms with Gasteiger partial charge in [0.2, 0.25) is 0 Å². The number of aliphatic carboxylic acids is 1. The first-order chi connectivity index (χ1) is 12.5. The maximum Gasteiger partial charge on any atom is 0.321 e. The van der Waals surface area contributed by atoms with Gasteiger partial charge in [-0.2, -0.15) is 0 Å². The number of rotatable bonds is 6. The highest BCUT2D eigenvalue weighted by Crippen LogP contribution is 2.42. The highest BCUT2D eigenvalue weighted by molar-refractivity contribution is 9.10. The molecular weight excluding hydrogens is 442 g/mol. The van der Waals surface area contributed by atoms with Crippen LogP contribution in [0, 0.1) is 0 Å². The Bertz CT molecular complexity index is 820. The van der Waals surface area contributed by atoms with Crippen LogP contribution in [0.25, 0.3) is 0 Å². The third-order valence-corrected chi connectivity index (χ3v) is 6.19. The summed E-state index contributed by atoms with van der Waals surface area (Å²) >= 11 is 11.3. The molecule has 2 aromatic carbocycles. The van der Waals surface area contributed by atoms with Gasteiger partial charge in [-0.25, -0.2) is 0 Å². The van der Waals surface area contributed by atoms with Crippen molar-refractivity contribution in [3.05, 3.63) is 57.0 Å². The standard InChI is InChI=1S/C18H17BrClNO4S/c1-24-15-7-11(17-21-14(9-26-17)18(22)23)6-12(19)16(15)25-8-10-4-2-3-5-13(10)20/h2-7,14,17,21H,8-9H2,1H3,(H,22,23)/t14-,17+/m0/s1. The third-order valence-electron chi connectivity index (χ3n) is 3.96. The molecule has 2 aromatic rings. The number of ether oxygens (including phenoxy) is 2. The van der Waals surface area contributed by atoms with E-state index in [0.29, 0.717) is 28.9 Å². The number of carboxylic acid groups (broad SMARTS) is 1. The molecule has 8 heteroatoms. The Hall–Kier alpha value is -1.41. The molecular formula is C18H17BrClNO4S. The molecule has 0 saturated carbocycles. The summed E-state index contributed by atoms with van der Waals surface area (Å²) in [6.45, 7) is 0.311. The van der Waals surface area contributed by atoms with Crippen molar-refractivity contribution in [2.45, 2.75) is 18.0 Å². The van der Waals surface area contributed by atoms with Crippen molar-refractivity contribution >= 4 is 45.3 Å². The molecule has 0 bridgehead atoms. The monoisotopic (exact) mass is 457 g/mol. The average Bonchev–Trinajstić information content (AvgIpc) is 3.12. The van der Waals surface area contributed by atoms with E-state index in [0.717, 1.165) is 15.6 Å². The van der Waals surface area contributed by atoms with Gasteiger partial charge < -0.3 is 14.6 Å². The van der Waals surface area contributed by atoms with Gasteiger partial charge in [0.1, 0.15) is 12.6 Å². The molecule has 0 aliphatic carbocycles. The minimum Gasteiger partial charge on any atom is -0.493 e. The predicted molar refractivity (Wildman–Crippen MR) is 106 cm³/mol. The first-order valence-electron chi connectivity index (χ1n) is 7.83. The second-order valence-corrected chi connectivity index (χ2v) is 8.08. The molecule has 138 valence electrons. The summed E-state index contributed by atoms with van der Waals surface area (Å²) in [5.41, 5.74) is 1.80. The highest BCUT2D eigenvalue weighted by Gasteiger charge is 2.31. The minimum absolute atomic E-state index is 0.112. The fourth-order valence-corrected chi connectivity index (χ4v) is 4.58. The topological polar surface area (TPSA) is 67.8 Å². The van der Waals surface area contributed by atoms with Gasteiger partial charge in [-0.3, -0.25) is 10.1 Å². The first kappa shape index (κ1) is 19.4. The Morgan fingerprint density at radius 2 is 2.19 bits per heavy atom. The van der Waals surface area contributed by atoms with E-state index in [9.17, 15) is 4.79 Å². The SMILES string of the molecule is COc1cc([C@@H]2N[C@H](C(=O)O)CS2)cc(Br)c1OCc1ccccc1Cl. The van der Waals surface area contributed by atoms with Crippen LogP contribution in [-0.2, 0) is 11.4 Å². The summed E-state index contributed by atoms with van der Waals surface area (Å²) in [4.78, 5) is 11.1. The molecule has 1 aliphatic rings. The molecule has 0 radical (unpaired) electrons. The number of hydrogen-bond donors (Lipinski definition) is 2. The maximum atomic E-state index is 11.1. The van der Waals surface area contributed by atoms with Crippen LogP contribution in [0.1, 0.15) is 16.5 Å². The number of nitrogens with one attached hydrogen (secondary N) is 1. The van der Waals surface area contributed by atoms with Gasteiger partial charge in [0, 0.05) is 16.3 Å². The minimum atomic E-state index is -0.842. The van der Waals surface area contributed by atoms with E-state index in [2.05, 4.69) is 21.2 Å². The van der Waals surface area contributed by atoms with Gasteiger partial charge >= 0.3 is 5.97 Å². The summed E-state index contributed by atoms with van der Waals surface area (Å²) in [5, 5.41) is 12.8. The molecule has 1 saturated heterocycles. The second kappa shape index (κ2) is 8.52. The summed E-state index contributed by atoms with van der Waals surface area (Å²) in [6.07, 6.45) is 0. The largest absolute Gasteiger partial charge is 0.493 e. The van der Waals surface area contributed by atoms with Gasteiger partial charge in [-0.15, -0.1) is 11.8 Å². The summed E-state index contributed by atoms with van der Waals surface area (Å²) in [6, 6.07) is 10.7. The lowest BCUT2D eigenvalue weighted by atomic mass is 10.2. The average molecular weight is 459 g/mol. The van der Waals surface area contributed by atoms with Gasteiger partial charge in [0.15, 0.2) is 11.5 Å². The molecule has 1 fully saturated rings. The van der Waals surface area contributed by atoms with E-state index in [-0.39, 0.29) is 5.37 Å². The van der Waals surface area contributed by atoms with E-state index in [1.54, 1.807) is 18.9 Å². The number of benzene rings is 2. The van der Waals surface area contributed by atoms with E-state index in [1.807, 2.05) is 36.4 Å². The number of carbonyl (C=O) groups is 1. The van der Waals surface area contributed by atoms with Crippen LogP contribution in [0.2, 0.25) is 5.02 Å². The molecule has 2 atom stereocenters. The lowest BCUT2D eigenvalue weighted by molar-refractivity contribution is -0.138. The fraction of sp³-hybridized carbons (Fsp3) is 0.278. The molecule has 1 aliphatic heterocycles. The van der Waals surface area contributed by atoms with Crippen molar-refractivity contribution in [2.24, 2.45) is 0 Å². The van der Waals surface area contributed by atoms with Gasteiger partial charge in [0.25, 0.3) is 0 Å². The number of methoxy groups -OCH3 is 1. The van der Waals surface area contributed by atoms with E-state index < -0.39 is 12.0 Å². The Balaban J connectivity index is 1.79. The van der Waals surface area contributed by atoms with Crippen LogP contribution < -0.4 is 14.8 Å². The van der Waals surface area contributed by atoms with Crippen molar-refractivity contribution < 1.29 is 19.4 Å². The normalized spacial score (nSPS) is 19.3.